The van der Waals surface area contributed by atoms with E-state index in [0.29, 0.717) is 17.4 Å². The van der Waals surface area contributed by atoms with Crippen LogP contribution in [-0.2, 0) is 0 Å². The molecule has 0 bridgehead atoms. The minimum atomic E-state index is -0.0824. The van der Waals surface area contributed by atoms with Gasteiger partial charge in [-0.1, -0.05) is 12.1 Å². The largest absolute Gasteiger partial charge is 0.353 e. The second-order valence-corrected chi connectivity index (χ2v) is 5.15. The topological polar surface area (TPSA) is 61.0 Å². The van der Waals surface area contributed by atoms with Crippen LogP contribution in [0.1, 0.15) is 12.8 Å². The number of hydrogen-bond donors (Lipinski definition) is 2. The van der Waals surface area contributed by atoms with Gasteiger partial charge in [-0.2, -0.15) is 0 Å². The number of piperidine rings is 1. The lowest BCUT2D eigenvalue weighted by atomic mass is 10.1. The van der Waals surface area contributed by atoms with E-state index in [0.717, 1.165) is 31.4 Å². The van der Waals surface area contributed by atoms with Gasteiger partial charge in [-0.05, 0) is 45.1 Å². The molecule has 5 heteroatoms. The van der Waals surface area contributed by atoms with Crippen LogP contribution in [0.3, 0.4) is 0 Å². The van der Waals surface area contributed by atoms with Gasteiger partial charge in [-0.25, -0.2) is 4.98 Å². The molecule has 2 heterocycles. The van der Waals surface area contributed by atoms with Crippen molar-refractivity contribution in [2.75, 3.05) is 25.5 Å². The van der Waals surface area contributed by atoms with Crippen LogP contribution in [0.15, 0.2) is 29.1 Å². The smallest absolute Gasteiger partial charge is 0.260 e. The predicted octanol–water partition coefficient (Wildman–Crippen LogP) is 1.43. The molecule has 0 aliphatic carbocycles. The lowest BCUT2D eigenvalue weighted by Crippen LogP contribution is -2.37. The summed E-state index contributed by atoms with van der Waals surface area (Å²) >= 11 is 0. The Bertz CT molecular complexity index is 629. The first-order valence-corrected chi connectivity index (χ1v) is 6.66. The second kappa shape index (κ2) is 5.01. The fourth-order valence-electron chi connectivity index (χ4n) is 2.50. The molecule has 1 saturated heterocycles. The SMILES string of the molecule is CN1CCC(Nc2nc3ccccc3c(=O)[nH]2)CC1. The number of anilines is 1. The third-order valence-electron chi connectivity index (χ3n) is 3.67. The Morgan fingerprint density at radius 3 is 2.84 bits per heavy atom. The summed E-state index contributed by atoms with van der Waals surface area (Å²) in [5.41, 5.74) is 0.655. The zero-order valence-electron chi connectivity index (χ0n) is 11.0. The first kappa shape index (κ1) is 12.2. The molecule has 1 aromatic heterocycles. The maximum absolute atomic E-state index is 11.9. The van der Waals surface area contributed by atoms with E-state index in [1.807, 2.05) is 18.2 Å². The Kier molecular flexibility index (Phi) is 3.21. The van der Waals surface area contributed by atoms with E-state index >= 15 is 0 Å². The van der Waals surface area contributed by atoms with Crippen molar-refractivity contribution >= 4 is 16.9 Å². The van der Waals surface area contributed by atoms with Crippen molar-refractivity contribution in [1.82, 2.24) is 14.9 Å². The lowest BCUT2D eigenvalue weighted by molar-refractivity contribution is 0.263. The Morgan fingerprint density at radius 1 is 1.32 bits per heavy atom. The average molecular weight is 258 g/mol. The van der Waals surface area contributed by atoms with E-state index in [4.69, 9.17) is 0 Å². The molecule has 1 fully saturated rings. The molecular weight excluding hydrogens is 240 g/mol. The summed E-state index contributed by atoms with van der Waals surface area (Å²) in [6.07, 6.45) is 2.15. The van der Waals surface area contributed by atoms with Crippen molar-refractivity contribution in [3.05, 3.63) is 34.6 Å². The molecule has 100 valence electrons. The van der Waals surface area contributed by atoms with Crippen LogP contribution in [0.5, 0.6) is 0 Å². The zero-order valence-corrected chi connectivity index (χ0v) is 11.0. The van der Waals surface area contributed by atoms with Gasteiger partial charge in [0.15, 0.2) is 0 Å². The van der Waals surface area contributed by atoms with Crippen LogP contribution >= 0.6 is 0 Å². The molecule has 3 rings (SSSR count). The maximum Gasteiger partial charge on any atom is 0.260 e. The summed E-state index contributed by atoms with van der Waals surface area (Å²) in [5, 5.41) is 3.98. The first-order valence-electron chi connectivity index (χ1n) is 6.66. The molecule has 1 aliphatic rings. The Labute approximate surface area is 111 Å². The van der Waals surface area contributed by atoms with Crippen LogP contribution in [0.4, 0.5) is 5.95 Å². The summed E-state index contributed by atoms with van der Waals surface area (Å²) in [5.74, 6) is 0.582. The molecule has 0 amide bonds. The highest BCUT2D eigenvalue weighted by Gasteiger charge is 2.17. The number of likely N-dealkylation sites (tertiary alicyclic amines) is 1. The normalized spacial score (nSPS) is 17.7. The van der Waals surface area contributed by atoms with Gasteiger partial charge >= 0.3 is 0 Å². The molecule has 2 N–H and O–H groups in total. The van der Waals surface area contributed by atoms with Crippen molar-refractivity contribution in [3.8, 4) is 0 Å². The number of aromatic amines is 1. The molecule has 19 heavy (non-hydrogen) atoms. The molecule has 0 atom stereocenters. The Hall–Kier alpha value is -1.88. The molecule has 2 aromatic rings. The minimum Gasteiger partial charge on any atom is -0.353 e. The van der Waals surface area contributed by atoms with Crippen LogP contribution in [-0.4, -0.2) is 41.0 Å². The summed E-state index contributed by atoms with van der Waals surface area (Å²) < 4.78 is 0. The summed E-state index contributed by atoms with van der Waals surface area (Å²) in [6, 6.07) is 7.79. The molecule has 0 saturated carbocycles. The fourth-order valence-corrected chi connectivity index (χ4v) is 2.50. The highest BCUT2D eigenvalue weighted by atomic mass is 16.1. The number of benzene rings is 1. The molecule has 0 radical (unpaired) electrons. The fraction of sp³-hybridized carbons (Fsp3) is 0.429. The van der Waals surface area contributed by atoms with E-state index < -0.39 is 0 Å². The maximum atomic E-state index is 11.9. The van der Waals surface area contributed by atoms with E-state index in [2.05, 4.69) is 27.2 Å². The third kappa shape index (κ3) is 2.61. The predicted molar refractivity (Wildman–Crippen MR) is 76.5 cm³/mol. The molecule has 5 nitrogen and oxygen atoms in total. The second-order valence-electron chi connectivity index (χ2n) is 5.15. The molecule has 1 aliphatic heterocycles. The van der Waals surface area contributed by atoms with Gasteiger partial charge < -0.3 is 10.2 Å². The van der Waals surface area contributed by atoms with Crippen molar-refractivity contribution in [2.24, 2.45) is 0 Å². The highest BCUT2D eigenvalue weighted by Crippen LogP contribution is 2.14. The van der Waals surface area contributed by atoms with Crippen molar-refractivity contribution in [3.63, 3.8) is 0 Å². The van der Waals surface area contributed by atoms with E-state index in [-0.39, 0.29) is 5.56 Å². The quantitative estimate of drug-likeness (QED) is 0.855. The number of nitrogens with one attached hydrogen (secondary N) is 2. The summed E-state index contributed by atoms with van der Waals surface area (Å²) in [4.78, 5) is 21.6. The van der Waals surface area contributed by atoms with Crippen LogP contribution in [0.25, 0.3) is 10.9 Å². The van der Waals surface area contributed by atoms with E-state index in [1.54, 1.807) is 6.07 Å². The van der Waals surface area contributed by atoms with Gasteiger partial charge in [0.05, 0.1) is 10.9 Å². The average Bonchev–Trinajstić information content (AvgIpc) is 2.42. The number of aromatic nitrogens is 2. The first-order chi connectivity index (χ1) is 9.22. The standard InChI is InChI=1S/C14H18N4O/c1-18-8-6-10(7-9-18)15-14-16-12-5-3-2-4-11(12)13(19)17-14/h2-5,10H,6-9H2,1H3,(H2,15,16,17,19). The number of hydrogen-bond acceptors (Lipinski definition) is 4. The lowest BCUT2D eigenvalue weighted by Gasteiger charge is -2.29. The van der Waals surface area contributed by atoms with E-state index in [1.165, 1.54) is 0 Å². The summed E-state index contributed by atoms with van der Waals surface area (Å²) in [6.45, 7) is 2.16. The Balaban J connectivity index is 1.83. The molecule has 1 aromatic carbocycles. The summed E-state index contributed by atoms with van der Waals surface area (Å²) in [7, 11) is 2.13. The van der Waals surface area contributed by atoms with Gasteiger partial charge in [0.1, 0.15) is 0 Å². The van der Waals surface area contributed by atoms with E-state index in [9.17, 15) is 4.79 Å². The van der Waals surface area contributed by atoms with Gasteiger partial charge in [0, 0.05) is 6.04 Å². The molecular formula is C14H18N4O. The van der Waals surface area contributed by atoms with Crippen molar-refractivity contribution < 1.29 is 0 Å². The van der Waals surface area contributed by atoms with Crippen LogP contribution < -0.4 is 10.9 Å². The number of nitrogens with zero attached hydrogens (tertiary/aromatic N) is 2. The number of H-pyrrole nitrogens is 1. The van der Waals surface area contributed by atoms with Crippen molar-refractivity contribution in [1.29, 1.82) is 0 Å². The molecule has 0 unspecified atom stereocenters. The highest BCUT2D eigenvalue weighted by molar-refractivity contribution is 5.78. The minimum absolute atomic E-state index is 0.0824. The number of para-hydroxylation sites is 1. The number of rotatable bonds is 2. The third-order valence-corrected chi connectivity index (χ3v) is 3.67. The molecule has 0 spiro atoms. The van der Waals surface area contributed by atoms with Gasteiger partial charge in [-0.3, -0.25) is 9.78 Å². The Morgan fingerprint density at radius 2 is 2.05 bits per heavy atom. The van der Waals surface area contributed by atoms with Gasteiger partial charge in [0.25, 0.3) is 5.56 Å². The van der Waals surface area contributed by atoms with Gasteiger partial charge in [-0.15, -0.1) is 0 Å². The van der Waals surface area contributed by atoms with Gasteiger partial charge in [0.2, 0.25) is 5.95 Å². The van der Waals surface area contributed by atoms with Crippen LogP contribution in [0, 0.1) is 0 Å². The number of fused-ring (bicyclic) bond motifs is 1. The van der Waals surface area contributed by atoms with Crippen molar-refractivity contribution in [2.45, 2.75) is 18.9 Å². The van der Waals surface area contributed by atoms with Crippen LogP contribution in [0.2, 0.25) is 0 Å². The monoisotopic (exact) mass is 258 g/mol. The zero-order chi connectivity index (χ0) is 13.2.